The van der Waals surface area contributed by atoms with Crippen molar-refractivity contribution in [1.82, 2.24) is 9.62 Å². The van der Waals surface area contributed by atoms with E-state index < -0.39 is 10.0 Å². The maximum atomic E-state index is 12.9. The van der Waals surface area contributed by atoms with Crippen LogP contribution in [0.15, 0.2) is 23.1 Å². The second-order valence-electron chi connectivity index (χ2n) is 6.89. The highest BCUT2D eigenvalue weighted by Crippen LogP contribution is 2.32. The van der Waals surface area contributed by atoms with Gasteiger partial charge in [0, 0.05) is 31.1 Å². The molecule has 0 aromatic heterocycles. The van der Waals surface area contributed by atoms with Crippen molar-refractivity contribution in [3.63, 3.8) is 0 Å². The first kappa shape index (κ1) is 21.5. The molecule has 0 bridgehead atoms. The van der Waals surface area contributed by atoms with Crippen LogP contribution in [0, 0.1) is 5.92 Å². The maximum absolute atomic E-state index is 12.9. The van der Waals surface area contributed by atoms with Gasteiger partial charge in [-0.1, -0.05) is 13.3 Å². The molecular weight excluding hydrogens is 368 g/mol. The zero-order chi connectivity index (χ0) is 20.0. The molecule has 1 aliphatic rings. The number of hydrogen-bond acceptors (Lipinski definition) is 5. The molecule has 2 rings (SSSR count). The van der Waals surface area contributed by atoms with Gasteiger partial charge in [0.2, 0.25) is 15.9 Å². The van der Waals surface area contributed by atoms with Crippen LogP contribution in [-0.4, -0.2) is 52.0 Å². The van der Waals surface area contributed by atoms with Gasteiger partial charge in [0.1, 0.15) is 0 Å². The Kier molecular flexibility index (Phi) is 7.49. The fraction of sp³-hybridized carbons (Fsp3) is 0.632. The first-order valence-electron chi connectivity index (χ1n) is 9.36. The minimum absolute atomic E-state index is 0.0270. The third-order valence-corrected chi connectivity index (χ3v) is 6.82. The summed E-state index contributed by atoms with van der Waals surface area (Å²) in [4.78, 5) is 12.5. The number of rotatable bonds is 8. The lowest BCUT2D eigenvalue weighted by molar-refractivity contribution is -0.126. The van der Waals surface area contributed by atoms with Crippen LogP contribution >= 0.6 is 0 Å². The van der Waals surface area contributed by atoms with Crippen molar-refractivity contribution in [2.45, 2.75) is 50.5 Å². The van der Waals surface area contributed by atoms with Gasteiger partial charge < -0.3 is 14.8 Å². The third kappa shape index (κ3) is 5.13. The van der Waals surface area contributed by atoms with E-state index >= 15 is 0 Å². The van der Waals surface area contributed by atoms with Crippen molar-refractivity contribution in [1.29, 1.82) is 0 Å². The second-order valence-corrected chi connectivity index (χ2v) is 8.83. The van der Waals surface area contributed by atoms with Crippen molar-refractivity contribution in [2.24, 2.45) is 5.92 Å². The Morgan fingerprint density at radius 2 is 1.85 bits per heavy atom. The average molecular weight is 399 g/mol. The van der Waals surface area contributed by atoms with Gasteiger partial charge in [-0.3, -0.25) is 4.79 Å². The average Bonchev–Trinajstić information content (AvgIpc) is 2.67. The molecular formula is C19H30N2O5S. The van der Waals surface area contributed by atoms with E-state index in [-0.39, 0.29) is 22.8 Å². The molecule has 0 saturated carbocycles. The SMILES string of the molecule is CCC[C@@H](C)NC(=O)C1CCN(S(=O)(=O)c2ccc(OC)c(OC)c2)CC1. The Labute approximate surface area is 162 Å². The van der Waals surface area contributed by atoms with Crippen molar-refractivity contribution in [3.05, 3.63) is 18.2 Å². The van der Waals surface area contributed by atoms with Gasteiger partial charge in [-0.15, -0.1) is 0 Å². The highest BCUT2D eigenvalue weighted by Gasteiger charge is 2.32. The van der Waals surface area contributed by atoms with Crippen molar-refractivity contribution in [2.75, 3.05) is 27.3 Å². The van der Waals surface area contributed by atoms with E-state index in [4.69, 9.17) is 9.47 Å². The molecule has 0 aliphatic carbocycles. The van der Waals surface area contributed by atoms with Gasteiger partial charge in [-0.25, -0.2) is 8.42 Å². The van der Waals surface area contributed by atoms with Gasteiger partial charge >= 0.3 is 0 Å². The number of benzene rings is 1. The van der Waals surface area contributed by atoms with Gasteiger partial charge in [-0.05, 0) is 38.3 Å². The first-order chi connectivity index (χ1) is 12.8. The van der Waals surface area contributed by atoms with E-state index in [9.17, 15) is 13.2 Å². The summed E-state index contributed by atoms with van der Waals surface area (Å²) in [6.07, 6.45) is 3.01. The number of amides is 1. The molecule has 1 aromatic carbocycles. The summed E-state index contributed by atoms with van der Waals surface area (Å²) in [7, 11) is -0.661. The maximum Gasteiger partial charge on any atom is 0.243 e. The summed E-state index contributed by atoms with van der Waals surface area (Å²) in [5.74, 6) is 0.742. The smallest absolute Gasteiger partial charge is 0.243 e. The normalized spacial score (nSPS) is 17.3. The number of nitrogens with one attached hydrogen (secondary N) is 1. The van der Waals surface area contributed by atoms with Gasteiger partial charge in [0.15, 0.2) is 11.5 Å². The van der Waals surface area contributed by atoms with E-state index in [2.05, 4.69) is 12.2 Å². The molecule has 0 unspecified atom stereocenters. The summed E-state index contributed by atoms with van der Waals surface area (Å²) in [5, 5.41) is 3.03. The molecule has 8 heteroatoms. The largest absolute Gasteiger partial charge is 0.493 e. The Morgan fingerprint density at radius 1 is 1.22 bits per heavy atom. The minimum atomic E-state index is -3.63. The quantitative estimate of drug-likeness (QED) is 0.727. The van der Waals surface area contributed by atoms with E-state index in [0.29, 0.717) is 37.4 Å². The number of piperidine rings is 1. The number of sulfonamides is 1. The topological polar surface area (TPSA) is 84.9 Å². The molecule has 27 heavy (non-hydrogen) atoms. The van der Waals surface area contributed by atoms with E-state index in [0.717, 1.165) is 12.8 Å². The number of hydrogen-bond donors (Lipinski definition) is 1. The molecule has 1 heterocycles. The Balaban J connectivity index is 2.03. The summed E-state index contributed by atoms with van der Waals surface area (Å²) in [6, 6.07) is 4.72. The Bertz CT molecular complexity index is 742. The molecule has 0 radical (unpaired) electrons. The molecule has 7 nitrogen and oxygen atoms in total. The van der Waals surface area contributed by atoms with Gasteiger partial charge in [0.05, 0.1) is 19.1 Å². The predicted molar refractivity (Wildman–Crippen MR) is 104 cm³/mol. The zero-order valence-electron chi connectivity index (χ0n) is 16.5. The number of methoxy groups -OCH3 is 2. The molecule has 1 aromatic rings. The van der Waals surface area contributed by atoms with Gasteiger partial charge in [0.25, 0.3) is 0 Å². The second kappa shape index (κ2) is 9.41. The summed E-state index contributed by atoms with van der Waals surface area (Å²) in [5.41, 5.74) is 0. The number of ether oxygens (including phenoxy) is 2. The monoisotopic (exact) mass is 398 g/mol. The fourth-order valence-electron chi connectivity index (χ4n) is 3.35. The highest BCUT2D eigenvalue weighted by atomic mass is 32.2. The fourth-order valence-corrected chi connectivity index (χ4v) is 4.84. The highest BCUT2D eigenvalue weighted by molar-refractivity contribution is 7.89. The molecule has 1 N–H and O–H groups in total. The lowest BCUT2D eigenvalue weighted by Gasteiger charge is -2.31. The molecule has 1 amide bonds. The first-order valence-corrected chi connectivity index (χ1v) is 10.8. The molecule has 1 aliphatic heterocycles. The Morgan fingerprint density at radius 3 is 2.41 bits per heavy atom. The van der Waals surface area contributed by atoms with Crippen LogP contribution < -0.4 is 14.8 Å². The minimum Gasteiger partial charge on any atom is -0.493 e. The molecule has 1 atom stereocenters. The molecule has 0 spiro atoms. The summed E-state index contributed by atoms with van der Waals surface area (Å²) < 4.78 is 37.6. The Hall–Kier alpha value is -1.80. The van der Waals surface area contributed by atoms with Crippen LogP contribution in [-0.2, 0) is 14.8 Å². The molecule has 1 fully saturated rings. The number of carbonyl (C=O) groups excluding carboxylic acids is 1. The van der Waals surface area contributed by atoms with Crippen LogP contribution in [0.4, 0.5) is 0 Å². The van der Waals surface area contributed by atoms with E-state index in [1.54, 1.807) is 6.07 Å². The zero-order valence-corrected chi connectivity index (χ0v) is 17.3. The van der Waals surface area contributed by atoms with E-state index in [1.165, 1.54) is 30.7 Å². The van der Waals surface area contributed by atoms with E-state index in [1.807, 2.05) is 6.92 Å². The number of nitrogens with zero attached hydrogens (tertiary/aromatic N) is 1. The predicted octanol–water partition coefficient (Wildman–Crippen LogP) is 2.41. The lowest BCUT2D eigenvalue weighted by atomic mass is 9.96. The van der Waals surface area contributed by atoms with Crippen LogP contribution in [0.1, 0.15) is 39.5 Å². The molecule has 1 saturated heterocycles. The third-order valence-electron chi connectivity index (χ3n) is 4.93. The van der Waals surface area contributed by atoms with Crippen LogP contribution in [0.5, 0.6) is 11.5 Å². The lowest BCUT2D eigenvalue weighted by Crippen LogP contribution is -2.44. The van der Waals surface area contributed by atoms with Crippen molar-refractivity contribution < 1.29 is 22.7 Å². The van der Waals surface area contributed by atoms with Crippen molar-refractivity contribution >= 4 is 15.9 Å². The van der Waals surface area contributed by atoms with Crippen molar-refractivity contribution in [3.8, 4) is 11.5 Å². The summed E-state index contributed by atoms with van der Waals surface area (Å²) >= 11 is 0. The van der Waals surface area contributed by atoms with Crippen LogP contribution in [0.3, 0.4) is 0 Å². The standard InChI is InChI=1S/C19H30N2O5S/c1-5-6-14(2)20-19(22)15-9-11-21(12-10-15)27(23,24)16-7-8-17(25-3)18(13-16)26-4/h7-8,13-15H,5-6,9-12H2,1-4H3,(H,20,22)/t14-/m1/s1. The summed E-state index contributed by atoms with van der Waals surface area (Å²) in [6.45, 7) is 4.74. The van der Waals surface area contributed by atoms with Crippen LogP contribution in [0.25, 0.3) is 0 Å². The number of carbonyl (C=O) groups is 1. The van der Waals surface area contributed by atoms with Crippen LogP contribution in [0.2, 0.25) is 0 Å². The molecule has 152 valence electrons. The van der Waals surface area contributed by atoms with Gasteiger partial charge in [-0.2, -0.15) is 4.31 Å².